The Hall–Kier alpha value is -0.0400. The van der Waals surface area contributed by atoms with Crippen LogP contribution >= 0.6 is 0 Å². The largest absolute Gasteiger partial charge is 0.317 e. The van der Waals surface area contributed by atoms with E-state index in [9.17, 15) is 0 Å². The summed E-state index contributed by atoms with van der Waals surface area (Å²) in [4.78, 5) is 0. The first-order chi connectivity index (χ1) is 4.41. The lowest BCUT2D eigenvalue weighted by Crippen LogP contribution is -2.03. The summed E-state index contributed by atoms with van der Waals surface area (Å²) in [5.41, 5.74) is 0. The average molecular weight is 129 g/mol. The molecule has 1 heteroatoms. The van der Waals surface area contributed by atoms with Gasteiger partial charge in [0.25, 0.3) is 0 Å². The molecule has 0 aromatic rings. The van der Waals surface area contributed by atoms with Crippen LogP contribution in [-0.4, -0.2) is 13.1 Å². The molecule has 1 aliphatic rings. The lowest BCUT2D eigenvalue weighted by molar-refractivity contribution is 0.857. The Balaban J connectivity index is 0.000000148. The van der Waals surface area contributed by atoms with E-state index in [4.69, 9.17) is 0 Å². The van der Waals surface area contributed by atoms with Crippen LogP contribution in [0.15, 0.2) is 0 Å². The minimum Gasteiger partial charge on any atom is -0.317 e. The maximum Gasteiger partial charge on any atom is -0.00484 e. The number of rotatable bonds is 1. The number of hydrogen-bond acceptors (Lipinski definition) is 1. The molecule has 0 radical (unpaired) electrons. The summed E-state index contributed by atoms with van der Waals surface area (Å²) in [6.45, 7) is 6.86. The summed E-state index contributed by atoms with van der Waals surface area (Å²) in [5, 5.41) is 3.22. The van der Waals surface area contributed by atoms with E-state index in [1.165, 1.54) is 38.8 Å². The Morgan fingerprint density at radius 2 is 1.44 bits per heavy atom. The van der Waals surface area contributed by atoms with E-state index < -0.39 is 0 Å². The van der Waals surface area contributed by atoms with Crippen molar-refractivity contribution in [3.8, 4) is 0 Å². The van der Waals surface area contributed by atoms with Gasteiger partial charge in [-0.15, -0.1) is 0 Å². The third kappa shape index (κ3) is 7.96. The predicted molar refractivity (Wildman–Crippen MR) is 42.7 cm³/mol. The zero-order valence-electron chi connectivity index (χ0n) is 6.74. The molecule has 56 valence electrons. The number of hydrogen-bond donors (Lipinski definition) is 1. The molecule has 0 spiro atoms. The first-order valence-electron chi connectivity index (χ1n) is 4.12. The van der Waals surface area contributed by atoms with Crippen LogP contribution in [0.4, 0.5) is 0 Å². The van der Waals surface area contributed by atoms with Gasteiger partial charge in [-0.25, -0.2) is 0 Å². The molecule has 0 aliphatic carbocycles. The lowest BCUT2D eigenvalue weighted by atomic mass is 10.4. The van der Waals surface area contributed by atoms with Crippen LogP contribution in [0.5, 0.6) is 0 Å². The van der Waals surface area contributed by atoms with Crippen molar-refractivity contribution in [2.75, 3.05) is 13.1 Å². The second-order valence-corrected chi connectivity index (χ2v) is 2.46. The summed E-state index contributed by atoms with van der Waals surface area (Å²) >= 11 is 0. The first-order valence-corrected chi connectivity index (χ1v) is 4.12. The summed E-state index contributed by atoms with van der Waals surface area (Å²) in [7, 11) is 0. The minimum absolute atomic E-state index is 1.25. The van der Waals surface area contributed by atoms with Gasteiger partial charge in [-0.1, -0.05) is 26.7 Å². The van der Waals surface area contributed by atoms with Gasteiger partial charge in [0.2, 0.25) is 0 Å². The van der Waals surface area contributed by atoms with Crippen LogP contribution < -0.4 is 5.32 Å². The van der Waals surface area contributed by atoms with Crippen LogP contribution in [0.25, 0.3) is 0 Å². The lowest BCUT2D eigenvalue weighted by Gasteiger charge is -1.76. The molecule has 0 amide bonds. The molecule has 0 bridgehead atoms. The molecule has 0 aromatic heterocycles. The smallest absolute Gasteiger partial charge is 0.00484 e. The molecule has 1 N–H and O–H groups in total. The van der Waals surface area contributed by atoms with Crippen molar-refractivity contribution in [3.63, 3.8) is 0 Å². The van der Waals surface area contributed by atoms with Gasteiger partial charge >= 0.3 is 0 Å². The molecule has 1 rings (SSSR count). The van der Waals surface area contributed by atoms with Crippen LogP contribution in [0, 0.1) is 0 Å². The Morgan fingerprint density at radius 1 is 1.00 bits per heavy atom. The monoisotopic (exact) mass is 129 g/mol. The normalized spacial score (nSPS) is 16.7. The Kier molecular flexibility index (Phi) is 7.92. The standard InChI is InChI=1S/C4H9N.C4H10/c1-2-4-5-3-1;1-3-4-2/h5H,1-4H2;3-4H2,1-2H3. The summed E-state index contributed by atoms with van der Waals surface area (Å²) < 4.78 is 0. The van der Waals surface area contributed by atoms with Crippen molar-refractivity contribution in [2.45, 2.75) is 39.5 Å². The van der Waals surface area contributed by atoms with E-state index in [-0.39, 0.29) is 0 Å². The van der Waals surface area contributed by atoms with Gasteiger partial charge in [-0.05, 0) is 25.9 Å². The Bertz CT molecular complexity index is 30.2. The maximum absolute atomic E-state index is 3.22. The molecular formula is C8H19N. The molecule has 0 saturated carbocycles. The van der Waals surface area contributed by atoms with Crippen LogP contribution in [0.2, 0.25) is 0 Å². The highest BCUT2D eigenvalue weighted by Crippen LogP contribution is 1.90. The van der Waals surface area contributed by atoms with E-state index in [0.29, 0.717) is 0 Å². The van der Waals surface area contributed by atoms with Crippen molar-refractivity contribution in [2.24, 2.45) is 0 Å². The third-order valence-corrected chi connectivity index (χ3v) is 1.46. The zero-order valence-corrected chi connectivity index (χ0v) is 6.74. The molecule has 1 nitrogen and oxygen atoms in total. The Labute approximate surface area is 58.8 Å². The third-order valence-electron chi connectivity index (χ3n) is 1.46. The van der Waals surface area contributed by atoms with E-state index in [0.717, 1.165) is 0 Å². The molecule has 1 fully saturated rings. The molecule has 0 aromatic carbocycles. The first kappa shape index (κ1) is 8.96. The molecule has 0 atom stereocenters. The molecule has 1 aliphatic heterocycles. The molecule has 1 heterocycles. The van der Waals surface area contributed by atoms with Crippen LogP contribution in [0.3, 0.4) is 0 Å². The fourth-order valence-electron chi connectivity index (χ4n) is 0.625. The quantitative estimate of drug-likeness (QED) is 0.572. The summed E-state index contributed by atoms with van der Waals surface area (Å²) in [6.07, 6.45) is 5.42. The Morgan fingerprint density at radius 3 is 1.56 bits per heavy atom. The van der Waals surface area contributed by atoms with Gasteiger partial charge in [0.15, 0.2) is 0 Å². The minimum atomic E-state index is 1.25. The second-order valence-electron chi connectivity index (χ2n) is 2.46. The van der Waals surface area contributed by atoms with Gasteiger partial charge < -0.3 is 5.32 Å². The molecular weight excluding hydrogens is 110 g/mol. The predicted octanol–water partition coefficient (Wildman–Crippen LogP) is 2.18. The van der Waals surface area contributed by atoms with Crippen LogP contribution in [0.1, 0.15) is 39.5 Å². The second kappa shape index (κ2) is 7.96. The van der Waals surface area contributed by atoms with Gasteiger partial charge in [0.1, 0.15) is 0 Å². The number of unbranched alkanes of at least 4 members (excludes halogenated alkanes) is 1. The van der Waals surface area contributed by atoms with E-state index in [1.54, 1.807) is 0 Å². The van der Waals surface area contributed by atoms with Gasteiger partial charge in [-0.2, -0.15) is 0 Å². The molecule has 1 saturated heterocycles. The van der Waals surface area contributed by atoms with Crippen molar-refractivity contribution >= 4 is 0 Å². The fourth-order valence-corrected chi connectivity index (χ4v) is 0.625. The van der Waals surface area contributed by atoms with Crippen molar-refractivity contribution in [1.29, 1.82) is 0 Å². The van der Waals surface area contributed by atoms with Crippen LogP contribution in [-0.2, 0) is 0 Å². The van der Waals surface area contributed by atoms with E-state index >= 15 is 0 Å². The topological polar surface area (TPSA) is 12.0 Å². The fraction of sp³-hybridized carbons (Fsp3) is 1.00. The highest BCUT2D eigenvalue weighted by Gasteiger charge is 1.93. The van der Waals surface area contributed by atoms with Crippen molar-refractivity contribution < 1.29 is 0 Å². The zero-order chi connectivity index (χ0) is 6.95. The molecule has 9 heavy (non-hydrogen) atoms. The van der Waals surface area contributed by atoms with Gasteiger partial charge in [-0.3, -0.25) is 0 Å². The average Bonchev–Trinajstić information content (AvgIpc) is 2.43. The summed E-state index contributed by atoms with van der Waals surface area (Å²) in [6, 6.07) is 0. The van der Waals surface area contributed by atoms with Gasteiger partial charge in [0.05, 0.1) is 0 Å². The van der Waals surface area contributed by atoms with E-state index in [1.807, 2.05) is 0 Å². The number of nitrogens with one attached hydrogen (secondary N) is 1. The van der Waals surface area contributed by atoms with Gasteiger partial charge in [0, 0.05) is 0 Å². The van der Waals surface area contributed by atoms with Crippen molar-refractivity contribution in [1.82, 2.24) is 5.32 Å². The summed E-state index contributed by atoms with van der Waals surface area (Å²) in [5.74, 6) is 0. The van der Waals surface area contributed by atoms with Crippen molar-refractivity contribution in [3.05, 3.63) is 0 Å². The van der Waals surface area contributed by atoms with E-state index in [2.05, 4.69) is 19.2 Å². The maximum atomic E-state index is 3.22. The molecule has 0 unspecified atom stereocenters. The highest BCUT2D eigenvalue weighted by atomic mass is 14.9. The highest BCUT2D eigenvalue weighted by molar-refractivity contribution is 4.55. The SMILES string of the molecule is C1CCNC1.CCCC.